The molecule has 40 heavy (non-hydrogen) atoms. The quantitative estimate of drug-likeness (QED) is 0.161. The maximum absolute atomic E-state index is 13.9. The number of guanidine groups is 1. The van der Waals surface area contributed by atoms with Gasteiger partial charge < -0.3 is 15.6 Å². The summed E-state index contributed by atoms with van der Waals surface area (Å²) in [6, 6.07) is 22.8. The number of amides is 1. The molecular weight excluding hydrogens is 496 g/mol. The summed E-state index contributed by atoms with van der Waals surface area (Å²) in [5.41, 5.74) is 2.83. The molecule has 0 spiro atoms. The number of H-pyrrole nitrogens is 1. The fourth-order valence-corrected chi connectivity index (χ4v) is 6.14. The lowest BCUT2D eigenvalue weighted by Crippen LogP contribution is -2.53. The molecule has 208 valence electrons. The molecule has 0 aliphatic heterocycles. The van der Waals surface area contributed by atoms with Gasteiger partial charge in [-0.3, -0.25) is 10.1 Å². The number of nitrogens with one attached hydrogen (secondary N) is 4. The van der Waals surface area contributed by atoms with Crippen LogP contribution in [0.15, 0.2) is 71.7 Å². The molecule has 2 saturated carbocycles. The van der Waals surface area contributed by atoms with E-state index in [0.29, 0.717) is 24.5 Å². The molecule has 1 aromatic heterocycles. The predicted molar refractivity (Wildman–Crippen MR) is 164 cm³/mol. The molecular formula is C33H40N6O. The molecule has 6 rings (SSSR count). The number of nitrogens with zero attached hydrogens (tertiary/aromatic N) is 2. The molecule has 2 aliphatic carbocycles. The van der Waals surface area contributed by atoms with Crippen molar-refractivity contribution in [2.24, 2.45) is 4.99 Å². The van der Waals surface area contributed by atoms with E-state index in [0.717, 1.165) is 48.2 Å². The molecule has 2 aliphatic rings. The Kier molecular flexibility index (Phi) is 8.26. The molecule has 3 aromatic carbocycles. The number of para-hydroxylation sites is 2. The van der Waals surface area contributed by atoms with Gasteiger partial charge in [0.15, 0.2) is 5.96 Å². The van der Waals surface area contributed by atoms with Crippen molar-refractivity contribution in [3.8, 4) is 0 Å². The molecule has 7 heteroatoms. The molecule has 1 amide bonds. The van der Waals surface area contributed by atoms with Crippen LogP contribution in [0.25, 0.3) is 21.8 Å². The smallest absolute Gasteiger partial charge is 0.249 e. The van der Waals surface area contributed by atoms with Crippen LogP contribution >= 0.6 is 0 Å². The van der Waals surface area contributed by atoms with Crippen molar-refractivity contribution in [3.05, 3.63) is 72.3 Å². The zero-order valence-electron chi connectivity index (χ0n) is 23.2. The number of carbonyl (C=O) groups excluding carboxylic acids is 1. The number of fused-ring (bicyclic) bond motifs is 2. The van der Waals surface area contributed by atoms with Gasteiger partial charge >= 0.3 is 0 Å². The van der Waals surface area contributed by atoms with E-state index in [1.54, 1.807) is 0 Å². The number of hydrogen-bond acceptors (Lipinski definition) is 3. The Labute approximate surface area is 236 Å². The first-order valence-corrected chi connectivity index (χ1v) is 15.0. The van der Waals surface area contributed by atoms with Crippen LogP contribution < -0.4 is 16.0 Å². The molecule has 4 aromatic rings. The Morgan fingerprint density at radius 2 is 1.60 bits per heavy atom. The molecule has 1 atom stereocenters. The fourth-order valence-electron chi connectivity index (χ4n) is 6.14. The first kappa shape index (κ1) is 26.4. The third-order valence-electron chi connectivity index (χ3n) is 8.34. The summed E-state index contributed by atoms with van der Waals surface area (Å²) in [4.78, 5) is 26.9. The molecule has 4 N–H and O–H groups in total. The number of anilines is 1. The minimum atomic E-state index is -0.521. The molecule has 0 bridgehead atoms. The van der Waals surface area contributed by atoms with Crippen molar-refractivity contribution in [2.75, 3.05) is 5.32 Å². The predicted octanol–water partition coefficient (Wildman–Crippen LogP) is 6.47. The Bertz CT molecular complexity index is 1430. The zero-order valence-corrected chi connectivity index (χ0v) is 23.2. The number of aromatic nitrogens is 2. The van der Waals surface area contributed by atoms with E-state index < -0.39 is 6.04 Å². The van der Waals surface area contributed by atoms with E-state index in [1.165, 1.54) is 49.3 Å². The third kappa shape index (κ3) is 6.64. The fraction of sp³-hybridized carbons (Fsp3) is 0.424. The zero-order chi connectivity index (χ0) is 27.1. The van der Waals surface area contributed by atoms with Gasteiger partial charge in [-0.1, -0.05) is 93.1 Å². The molecule has 2 fully saturated rings. The minimum Gasteiger partial charge on any atom is -0.354 e. The second-order valence-electron chi connectivity index (χ2n) is 11.4. The normalized spacial score (nSPS) is 18.1. The average molecular weight is 537 g/mol. The minimum absolute atomic E-state index is 0.131. The Balaban J connectivity index is 1.27. The average Bonchev–Trinajstić information content (AvgIpc) is 3.40. The first-order valence-electron chi connectivity index (χ1n) is 15.0. The van der Waals surface area contributed by atoms with Crippen LogP contribution in [-0.2, 0) is 11.2 Å². The number of aliphatic imine (C=N–C) groups is 1. The monoisotopic (exact) mass is 536 g/mol. The summed E-state index contributed by atoms with van der Waals surface area (Å²) in [6.07, 6.45) is 12.5. The van der Waals surface area contributed by atoms with Crippen molar-refractivity contribution in [2.45, 2.75) is 88.8 Å². The number of benzene rings is 3. The Hall–Kier alpha value is -3.87. The van der Waals surface area contributed by atoms with Crippen LogP contribution in [0.5, 0.6) is 0 Å². The maximum atomic E-state index is 13.9. The van der Waals surface area contributed by atoms with Crippen molar-refractivity contribution in [1.29, 1.82) is 0 Å². The maximum Gasteiger partial charge on any atom is 0.249 e. The summed E-state index contributed by atoms with van der Waals surface area (Å²) in [7, 11) is 0. The lowest BCUT2D eigenvalue weighted by atomic mass is 9.95. The summed E-state index contributed by atoms with van der Waals surface area (Å²) in [6.45, 7) is 0. The summed E-state index contributed by atoms with van der Waals surface area (Å²) >= 11 is 0. The van der Waals surface area contributed by atoms with Crippen LogP contribution in [-0.4, -0.2) is 40.0 Å². The lowest BCUT2D eigenvalue weighted by Gasteiger charge is -2.29. The number of aromatic amines is 1. The van der Waals surface area contributed by atoms with Crippen molar-refractivity contribution in [1.82, 2.24) is 20.6 Å². The summed E-state index contributed by atoms with van der Waals surface area (Å²) in [5, 5.41) is 12.7. The number of hydrogen-bond donors (Lipinski definition) is 4. The van der Waals surface area contributed by atoms with Crippen molar-refractivity contribution >= 4 is 39.6 Å². The third-order valence-corrected chi connectivity index (χ3v) is 8.34. The topological polar surface area (TPSA) is 94.2 Å². The number of imidazole rings is 1. The molecule has 1 heterocycles. The second kappa shape index (κ2) is 12.5. The number of carbonyl (C=O) groups is 1. The highest BCUT2D eigenvalue weighted by Crippen LogP contribution is 2.22. The molecule has 0 saturated heterocycles. The van der Waals surface area contributed by atoms with Gasteiger partial charge in [0.05, 0.1) is 17.1 Å². The van der Waals surface area contributed by atoms with E-state index in [2.05, 4.69) is 68.4 Å². The molecule has 0 unspecified atom stereocenters. The van der Waals surface area contributed by atoms with E-state index in [1.807, 2.05) is 24.3 Å². The number of rotatable bonds is 7. The molecule has 7 nitrogen and oxygen atoms in total. The standard InChI is InChI=1S/C33H40N6O/c40-31(39-33-36-28-17-9-10-18-29(28)37-33)30(22-23-19-20-24-11-7-8-12-25(24)21-23)38-32(34-26-13-3-1-4-14-26)35-27-15-5-2-6-16-27/h7-12,17-21,26-27,30H,1-6,13-16,22H2,(H2,34,35,38)(H2,36,37,39,40)/t30-/m0/s1. The van der Waals surface area contributed by atoms with Gasteiger partial charge in [-0.15, -0.1) is 0 Å². The molecule has 0 radical (unpaired) electrons. The Morgan fingerprint density at radius 1 is 0.875 bits per heavy atom. The second-order valence-corrected chi connectivity index (χ2v) is 11.4. The van der Waals surface area contributed by atoms with E-state index in [4.69, 9.17) is 4.99 Å². The van der Waals surface area contributed by atoms with Gasteiger partial charge in [-0.25, -0.2) is 9.98 Å². The summed E-state index contributed by atoms with van der Waals surface area (Å²) in [5.74, 6) is 1.10. The van der Waals surface area contributed by atoms with Gasteiger partial charge in [0, 0.05) is 12.5 Å². The highest BCUT2D eigenvalue weighted by molar-refractivity contribution is 5.98. The van der Waals surface area contributed by atoms with Crippen LogP contribution in [0.3, 0.4) is 0 Å². The van der Waals surface area contributed by atoms with Crippen molar-refractivity contribution in [3.63, 3.8) is 0 Å². The van der Waals surface area contributed by atoms with Crippen LogP contribution in [0.2, 0.25) is 0 Å². The van der Waals surface area contributed by atoms with Crippen LogP contribution in [0.1, 0.15) is 69.8 Å². The highest BCUT2D eigenvalue weighted by atomic mass is 16.2. The van der Waals surface area contributed by atoms with E-state index in [-0.39, 0.29) is 5.91 Å². The van der Waals surface area contributed by atoms with E-state index >= 15 is 0 Å². The Morgan fingerprint density at radius 3 is 2.40 bits per heavy atom. The first-order chi connectivity index (χ1) is 19.7. The van der Waals surface area contributed by atoms with Gasteiger partial charge in [-0.05, 0) is 54.2 Å². The van der Waals surface area contributed by atoms with Crippen LogP contribution in [0, 0.1) is 0 Å². The van der Waals surface area contributed by atoms with Gasteiger partial charge in [-0.2, -0.15) is 0 Å². The van der Waals surface area contributed by atoms with Crippen molar-refractivity contribution < 1.29 is 4.79 Å². The van der Waals surface area contributed by atoms with Gasteiger partial charge in [0.1, 0.15) is 6.04 Å². The van der Waals surface area contributed by atoms with Gasteiger partial charge in [0.25, 0.3) is 0 Å². The van der Waals surface area contributed by atoms with E-state index in [9.17, 15) is 4.79 Å². The summed E-state index contributed by atoms with van der Waals surface area (Å²) < 4.78 is 0. The van der Waals surface area contributed by atoms with Gasteiger partial charge in [0.2, 0.25) is 11.9 Å². The SMILES string of the molecule is O=C(Nc1nc2ccccc2[nH]1)[C@H](Cc1ccc2ccccc2c1)NC(=NC1CCCCC1)NC1CCCCC1. The largest absolute Gasteiger partial charge is 0.354 e. The van der Waals surface area contributed by atoms with Crippen LogP contribution in [0.4, 0.5) is 5.95 Å². The lowest BCUT2D eigenvalue weighted by molar-refractivity contribution is -0.117. The highest BCUT2D eigenvalue weighted by Gasteiger charge is 2.25.